The summed E-state index contributed by atoms with van der Waals surface area (Å²) in [6.07, 6.45) is -3.81. The van der Waals surface area contributed by atoms with Gasteiger partial charge < -0.3 is 5.32 Å². The van der Waals surface area contributed by atoms with Crippen LogP contribution >= 0.6 is 23.4 Å². The lowest BCUT2D eigenvalue weighted by molar-refractivity contribution is -0.137. The van der Waals surface area contributed by atoms with Gasteiger partial charge in [0.2, 0.25) is 5.91 Å². The Hall–Kier alpha value is -1.66. The molecule has 1 N–H and O–H groups in total. The molecule has 0 saturated heterocycles. The predicted octanol–water partition coefficient (Wildman–Crippen LogP) is 5.87. The number of amides is 1. The summed E-state index contributed by atoms with van der Waals surface area (Å²) < 4.78 is 37.6. The minimum Gasteiger partial charge on any atom is -0.325 e. The molecule has 2 rings (SSSR count). The first-order valence-corrected chi connectivity index (χ1v) is 8.45. The Morgan fingerprint density at radius 1 is 1.12 bits per heavy atom. The van der Waals surface area contributed by atoms with Crippen molar-refractivity contribution < 1.29 is 18.0 Å². The van der Waals surface area contributed by atoms with Crippen molar-refractivity contribution in [1.29, 1.82) is 0 Å². The van der Waals surface area contributed by atoms with Crippen LogP contribution in [0.1, 0.15) is 18.9 Å². The third-order valence-corrected chi connectivity index (χ3v) is 4.86. The lowest BCUT2D eigenvalue weighted by atomic mass is 10.2. The van der Waals surface area contributed by atoms with Crippen molar-refractivity contribution in [2.75, 3.05) is 5.32 Å². The molecule has 7 heteroatoms. The molecule has 0 fully saturated rings. The van der Waals surface area contributed by atoms with Crippen LogP contribution in [0.25, 0.3) is 0 Å². The first-order valence-electron chi connectivity index (χ1n) is 7.20. The van der Waals surface area contributed by atoms with Crippen molar-refractivity contribution in [3.63, 3.8) is 0 Å². The molecule has 0 aliphatic carbocycles. The highest BCUT2D eigenvalue weighted by atomic mass is 35.5. The molecule has 0 radical (unpaired) electrons. The van der Waals surface area contributed by atoms with E-state index < -0.39 is 11.7 Å². The van der Waals surface area contributed by atoms with Gasteiger partial charge in [-0.25, -0.2) is 0 Å². The zero-order valence-corrected chi connectivity index (χ0v) is 14.3. The van der Waals surface area contributed by atoms with Crippen molar-refractivity contribution in [1.82, 2.24) is 0 Å². The minimum atomic E-state index is -4.39. The molecule has 2 aromatic carbocycles. The predicted molar refractivity (Wildman–Crippen MR) is 91.5 cm³/mol. The molecule has 0 aliphatic heterocycles. The second-order valence-electron chi connectivity index (χ2n) is 5.03. The van der Waals surface area contributed by atoms with Crippen molar-refractivity contribution in [3.8, 4) is 0 Å². The summed E-state index contributed by atoms with van der Waals surface area (Å²) in [5.74, 6) is -0.253. The van der Waals surface area contributed by atoms with Crippen LogP contribution in [0.3, 0.4) is 0 Å². The monoisotopic (exact) mass is 373 g/mol. The third kappa shape index (κ3) is 5.18. The Kier molecular flexibility index (Phi) is 6.18. The minimum absolute atomic E-state index is 0.253. The number of thioether (sulfide) groups is 1. The van der Waals surface area contributed by atoms with Crippen molar-refractivity contribution in [2.45, 2.75) is 29.7 Å². The van der Waals surface area contributed by atoms with Gasteiger partial charge in [0.25, 0.3) is 0 Å². The lowest BCUT2D eigenvalue weighted by Crippen LogP contribution is -2.24. The van der Waals surface area contributed by atoms with Crippen LogP contribution < -0.4 is 5.32 Å². The van der Waals surface area contributed by atoms with Crippen LogP contribution in [0, 0.1) is 0 Å². The number of halogens is 4. The molecule has 2 nitrogen and oxygen atoms in total. The number of alkyl halides is 3. The number of rotatable bonds is 5. The molecule has 0 unspecified atom stereocenters. The molecule has 0 bridgehead atoms. The SMILES string of the molecule is CC[C@@H](Sc1ccc(Cl)cc1)C(=O)Nc1ccc(C(F)(F)F)cc1. The molecular weight excluding hydrogens is 359 g/mol. The molecule has 2 aromatic rings. The van der Waals surface area contributed by atoms with Crippen LogP contribution in [-0.4, -0.2) is 11.2 Å². The molecule has 1 amide bonds. The van der Waals surface area contributed by atoms with Gasteiger partial charge in [0.05, 0.1) is 10.8 Å². The lowest BCUT2D eigenvalue weighted by Gasteiger charge is -2.15. The third-order valence-electron chi connectivity index (χ3n) is 3.23. The Bertz CT molecular complexity index is 686. The highest BCUT2D eigenvalue weighted by molar-refractivity contribution is 8.00. The van der Waals surface area contributed by atoms with Gasteiger partial charge in [-0.2, -0.15) is 13.2 Å². The van der Waals surface area contributed by atoms with Crippen LogP contribution in [0.5, 0.6) is 0 Å². The fourth-order valence-corrected chi connectivity index (χ4v) is 3.05. The fourth-order valence-electron chi connectivity index (χ4n) is 1.96. The average Bonchev–Trinajstić information content (AvgIpc) is 2.54. The molecule has 1 atom stereocenters. The van der Waals surface area contributed by atoms with E-state index in [1.165, 1.54) is 23.9 Å². The van der Waals surface area contributed by atoms with Crippen LogP contribution in [0.2, 0.25) is 5.02 Å². The maximum Gasteiger partial charge on any atom is 0.416 e. The fraction of sp³-hybridized carbons (Fsp3) is 0.235. The smallest absolute Gasteiger partial charge is 0.325 e. The summed E-state index contributed by atoms with van der Waals surface area (Å²) >= 11 is 7.21. The first-order chi connectivity index (χ1) is 11.3. The number of anilines is 1. The quantitative estimate of drug-likeness (QED) is 0.664. The number of carbonyl (C=O) groups excluding carboxylic acids is 1. The van der Waals surface area contributed by atoms with Crippen molar-refractivity contribution >= 4 is 35.0 Å². The van der Waals surface area contributed by atoms with Crippen LogP contribution in [0.4, 0.5) is 18.9 Å². The van der Waals surface area contributed by atoms with Gasteiger partial charge in [0, 0.05) is 15.6 Å². The molecule has 24 heavy (non-hydrogen) atoms. The largest absolute Gasteiger partial charge is 0.416 e. The highest BCUT2D eigenvalue weighted by Crippen LogP contribution is 2.31. The topological polar surface area (TPSA) is 29.1 Å². The van der Waals surface area contributed by atoms with E-state index in [2.05, 4.69) is 5.32 Å². The highest BCUT2D eigenvalue weighted by Gasteiger charge is 2.30. The molecule has 0 aromatic heterocycles. The molecule has 0 spiro atoms. The van der Waals surface area contributed by atoms with Crippen LogP contribution in [-0.2, 0) is 11.0 Å². The number of hydrogen-bond donors (Lipinski definition) is 1. The second-order valence-corrected chi connectivity index (χ2v) is 6.75. The Balaban J connectivity index is 2.02. The summed E-state index contributed by atoms with van der Waals surface area (Å²) in [6.45, 7) is 1.87. The van der Waals surface area contributed by atoms with Gasteiger partial charge in [-0.15, -0.1) is 11.8 Å². The zero-order chi connectivity index (χ0) is 17.7. The molecule has 0 aliphatic rings. The zero-order valence-electron chi connectivity index (χ0n) is 12.7. The Labute approximate surface area is 147 Å². The maximum absolute atomic E-state index is 12.5. The summed E-state index contributed by atoms with van der Waals surface area (Å²) in [6, 6.07) is 11.5. The van der Waals surface area contributed by atoms with E-state index in [1.54, 1.807) is 12.1 Å². The summed E-state index contributed by atoms with van der Waals surface area (Å²) in [5.41, 5.74) is -0.411. The van der Waals surface area contributed by atoms with Gasteiger partial charge in [-0.1, -0.05) is 18.5 Å². The van der Waals surface area contributed by atoms with Gasteiger partial charge in [-0.05, 0) is 55.0 Å². The Morgan fingerprint density at radius 2 is 1.71 bits per heavy atom. The van der Waals surface area contributed by atoms with E-state index in [9.17, 15) is 18.0 Å². The van der Waals surface area contributed by atoms with Crippen LogP contribution in [0.15, 0.2) is 53.4 Å². The van der Waals surface area contributed by atoms with E-state index in [4.69, 9.17) is 11.6 Å². The standard InChI is InChI=1S/C17H15ClF3NOS/c1-2-15(24-14-9-5-12(18)6-10-14)16(23)22-13-7-3-11(4-8-13)17(19,20)21/h3-10,15H,2H2,1H3,(H,22,23)/t15-/m1/s1. The van der Waals surface area contributed by atoms with E-state index in [0.717, 1.165) is 17.0 Å². The summed E-state index contributed by atoms with van der Waals surface area (Å²) in [7, 11) is 0. The number of carbonyl (C=O) groups is 1. The average molecular weight is 374 g/mol. The normalized spacial score (nSPS) is 12.7. The van der Waals surface area contributed by atoms with Crippen molar-refractivity contribution in [2.24, 2.45) is 0 Å². The van der Waals surface area contributed by atoms with E-state index in [0.29, 0.717) is 17.1 Å². The first kappa shape index (κ1) is 18.7. The maximum atomic E-state index is 12.5. The number of hydrogen-bond acceptors (Lipinski definition) is 2. The molecule has 0 saturated carbocycles. The van der Waals surface area contributed by atoms with Gasteiger partial charge >= 0.3 is 6.18 Å². The van der Waals surface area contributed by atoms with E-state index >= 15 is 0 Å². The van der Waals surface area contributed by atoms with Crippen molar-refractivity contribution in [3.05, 3.63) is 59.1 Å². The van der Waals surface area contributed by atoms with Gasteiger partial charge in [0.15, 0.2) is 0 Å². The van der Waals surface area contributed by atoms with E-state index in [-0.39, 0.29) is 11.2 Å². The molecule has 128 valence electrons. The molecular formula is C17H15ClF3NOS. The Morgan fingerprint density at radius 3 is 2.21 bits per heavy atom. The van der Waals surface area contributed by atoms with E-state index in [1.807, 2.05) is 19.1 Å². The molecule has 0 heterocycles. The summed E-state index contributed by atoms with van der Waals surface area (Å²) in [5, 5.41) is 2.91. The number of nitrogens with one attached hydrogen (secondary N) is 1. The van der Waals surface area contributed by atoms with Gasteiger partial charge in [0.1, 0.15) is 0 Å². The summed E-state index contributed by atoms with van der Waals surface area (Å²) in [4.78, 5) is 13.2. The second kappa shape index (κ2) is 7.94. The number of benzene rings is 2. The van der Waals surface area contributed by atoms with Gasteiger partial charge in [-0.3, -0.25) is 4.79 Å².